The summed E-state index contributed by atoms with van der Waals surface area (Å²) in [7, 11) is 0. The van der Waals surface area contributed by atoms with Gasteiger partial charge >= 0.3 is 12.6 Å². The number of hydrogen-bond donors (Lipinski definition) is 1. The van der Waals surface area contributed by atoms with Crippen molar-refractivity contribution in [1.29, 1.82) is 0 Å². The van der Waals surface area contributed by atoms with E-state index in [0.29, 0.717) is 10.2 Å². The van der Waals surface area contributed by atoms with Crippen LogP contribution >= 0.6 is 11.3 Å². The minimum Gasteiger partial charge on any atom is -0.451 e. The van der Waals surface area contributed by atoms with E-state index in [1.807, 2.05) is 13.8 Å². The molecule has 0 unspecified atom stereocenters. The minimum atomic E-state index is -2.99. The van der Waals surface area contributed by atoms with Crippen LogP contribution in [-0.2, 0) is 4.74 Å². The first-order valence-electron chi connectivity index (χ1n) is 8.02. The van der Waals surface area contributed by atoms with Crippen molar-refractivity contribution in [2.45, 2.75) is 33.5 Å². The molecule has 0 amide bonds. The molecule has 0 saturated heterocycles. The number of thiophene rings is 1. The molecule has 1 N–H and O–H groups in total. The quantitative estimate of drug-likeness (QED) is 0.659. The molecule has 2 heterocycles. The van der Waals surface area contributed by atoms with Gasteiger partial charge in [-0.25, -0.2) is 9.78 Å². The van der Waals surface area contributed by atoms with Crippen molar-refractivity contribution in [2.24, 2.45) is 0 Å². The number of nitrogens with one attached hydrogen (secondary N) is 1. The van der Waals surface area contributed by atoms with Crippen LogP contribution in [0.25, 0.3) is 10.2 Å². The van der Waals surface area contributed by atoms with Gasteiger partial charge in [0.2, 0.25) is 0 Å². The Kier molecular flexibility index (Phi) is 5.22. The monoisotopic (exact) mass is 394 g/mol. The molecular formula is C18H16F2N2O4S. The molecule has 0 aliphatic rings. The molecule has 0 bridgehead atoms. The first-order chi connectivity index (χ1) is 12.8. The lowest BCUT2D eigenvalue weighted by atomic mass is 10.2. The molecule has 2 aromatic heterocycles. The number of hydrogen-bond acceptors (Lipinski definition) is 6. The van der Waals surface area contributed by atoms with Crippen molar-refractivity contribution in [3.05, 3.63) is 56.4 Å². The number of fused-ring (bicyclic) bond motifs is 1. The Labute approximate surface area is 156 Å². The lowest BCUT2D eigenvalue weighted by Crippen LogP contribution is -2.17. The SMILES string of the molecule is Cc1sc2nc([C@H](C)OC(=O)c3cccc(OC(F)F)c3)[nH]c(=O)c2c1C. The molecule has 0 spiro atoms. The van der Waals surface area contributed by atoms with Crippen LogP contribution in [0.3, 0.4) is 0 Å². The van der Waals surface area contributed by atoms with Gasteiger partial charge in [0, 0.05) is 4.88 Å². The molecule has 0 radical (unpaired) electrons. The predicted molar refractivity (Wildman–Crippen MR) is 96.6 cm³/mol. The van der Waals surface area contributed by atoms with Crippen LogP contribution < -0.4 is 10.3 Å². The summed E-state index contributed by atoms with van der Waals surface area (Å²) in [5.41, 5.74) is 0.620. The highest BCUT2D eigenvalue weighted by Crippen LogP contribution is 2.27. The number of esters is 1. The van der Waals surface area contributed by atoms with Gasteiger partial charge < -0.3 is 14.5 Å². The molecule has 9 heteroatoms. The second kappa shape index (κ2) is 7.43. The number of alkyl halides is 2. The second-order valence-corrected chi connectivity index (χ2v) is 7.07. The fourth-order valence-electron chi connectivity index (χ4n) is 2.55. The largest absolute Gasteiger partial charge is 0.451 e. The summed E-state index contributed by atoms with van der Waals surface area (Å²) in [5, 5.41) is 0.525. The third-order valence-corrected chi connectivity index (χ3v) is 5.12. The van der Waals surface area contributed by atoms with E-state index in [4.69, 9.17) is 4.74 Å². The van der Waals surface area contributed by atoms with E-state index in [2.05, 4.69) is 14.7 Å². The van der Waals surface area contributed by atoms with Gasteiger partial charge in [0.15, 0.2) is 11.9 Å². The molecule has 0 aliphatic heterocycles. The highest BCUT2D eigenvalue weighted by atomic mass is 32.1. The number of aromatic nitrogens is 2. The van der Waals surface area contributed by atoms with Crippen LogP contribution in [-0.4, -0.2) is 22.5 Å². The van der Waals surface area contributed by atoms with Gasteiger partial charge in [-0.1, -0.05) is 6.07 Å². The normalized spacial score (nSPS) is 12.4. The standard InChI is InChI=1S/C18H16F2N2O4S/c1-8-10(3)27-16-13(8)15(23)21-14(22-16)9(2)25-17(24)11-5-4-6-12(7-11)26-18(19)20/h4-7,9,18H,1-3H3,(H,21,22,23)/t9-/m0/s1. The van der Waals surface area contributed by atoms with Crippen molar-refractivity contribution < 1.29 is 23.0 Å². The fourth-order valence-corrected chi connectivity index (χ4v) is 3.58. The Bertz CT molecular complexity index is 1060. The van der Waals surface area contributed by atoms with E-state index in [9.17, 15) is 18.4 Å². The van der Waals surface area contributed by atoms with Gasteiger partial charge in [-0.05, 0) is 44.5 Å². The zero-order valence-electron chi connectivity index (χ0n) is 14.7. The Morgan fingerprint density at radius 3 is 2.74 bits per heavy atom. The van der Waals surface area contributed by atoms with E-state index in [1.165, 1.54) is 29.5 Å². The summed E-state index contributed by atoms with van der Waals surface area (Å²) in [5.74, 6) is -0.685. The lowest BCUT2D eigenvalue weighted by molar-refractivity contribution is -0.0499. The minimum absolute atomic E-state index is 0.0474. The Hall–Kier alpha value is -2.81. The maximum atomic E-state index is 12.3. The number of carbonyl (C=O) groups excluding carboxylic acids is 1. The number of aryl methyl sites for hydroxylation is 2. The van der Waals surface area contributed by atoms with Crippen LogP contribution in [0.4, 0.5) is 8.78 Å². The van der Waals surface area contributed by atoms with Crippen molar-refractivity contribution in [3.63, 3.8) is 0 Å². The van der Waals surface area contributed by atoms with Crippen LogP contribution in [0.1, 0.15) is 39.7 Å². The second-order valence-electron chi connectivity index (χ2n) is 5.87. The van der Waals surface area contributed by atoms with E-state index in [1.54, 1.807) is 6.92 Å². The summed E-state index contributed by atoms with van der Waals surface area (Å²) in [4.78, 5) is 33.2. The average molecular weight is 394 g/mol. The van der Waals surface area contributed by atoms with Gasteiger partial charge in [0.1, 0.15) is 10.6 Å². The molecular weight excluding hydrogens is 378 g/mol. The van der Waals surface area contributed by atoms with E-state index >= 15 is 0 Å². The number of ether oxygens (including phenoxy) is 2. The molecule has 1 aromatic carbocycles. The van der Waals surface area contributed by atoms with Gasteiger partial charge in [-0.3, -0.25) is 4.79 Å². The average Bonchev–Trinajstić information content (AvgIpc) is 2.89. The number of rotatable bonds is 5. The summed E-state index contributed by atoms with van der Waals surface area (Å²) < 4.78 is 34.2. The van der Waals surface area contributed by atoms with Crippen LogP contribution in [0, 0.1) is 13.8 Å². The topological polar surface area (TPSA) is 81.3 Å². The van der Waals surface area contributed by atoms with Crippen molar-refractivity contribution in [1.82, 2.24) is 9.97 Å². The van der Waals surface area contributed by atoms with Crippen LogP contribution in [0.5, 0.6) is 5.75 Å². The summed E-state index contributed by atoms with van der Waals surface area (Å²) in [6.45, 7) is 2.32. The smallest absolute Gasteiger partial charge is 0.387 e. The molecule has 0 saturated carbocycles. The van der Waals surface area contributed by atoms with E-state index in [0.717, 1.165) is 16.5 Å². The third-order valence-electron chi connectivity index (χ3n) is 4.02. The van der Waals surface area contributed by atoms with Crippen molar-refractivity contribution in [2.75, 3.05) is 0 Å². The molecule has 3 aromatic rings. The van der Waals surface area contributed by atoms with Crippen LogP contribution in [0.2, 0.25) is 0 Å². The van der Waals surface area contributed by atoms with Crippen molar-refractivity contribution >= 4 is 27.5 Å². The molecule has 142 valence electrons. The van der Waals surface area contributed by atoms with Gasteiger partial charge in [-0.2, -0.15) is 8.78 Å². The Morgan fingerprint density at radius 1 is 1.30 bits per heavy atom. The molecule has 0 fully saturated rings. The molecule has 0 aliphatic carbocycles. The van der Waals surface area contributed by atoms with Gasteiger partial charge in [-0.15, -0.1) is 11.3 Å². The van der Waals surface area contributed by atoms with E-state index < -0.39 is 18.7 Å². The summed E-state index contributed by atoms with van der Waals surface area (Å²) in [6.07, 6.45) is -0.836. The number of H-pyrrole nitrogens is 1. The number of aromatic amines is 1. The number of carbonyl (C=O) groups is 1. The Morgan fingerprint density at radius 2 is 2.04 bits per heavy atom. The maximum absolute atomic E-state index is 12.3. The number of benzene rings is 1. The fraction of sp³-hybridized carbons (Fsp3) is 0.278. The maximum Gasteiger partial charge on any atom is 0.387 e. The first kappa shape index (κ1) is 19.0. The zero-order chi connectivity index (χ0) is 19.7. The molecule has 1 atom stereocenters. The summed E-state index contributed by atoms with van der Waals surface area (Å²) in [6, 6.07) is 5.29. The molecule has 3 rings (SSSR count). The Balaban J connectivity index is 1.83. The van der Waals surface area contributed by atoms with Crippen LogP contribution in [0.15, 0.2) is 29.1 Å². The number of nitrogens with zero attached hydrogens (tertiary/aromatic N) is 1. The van der Waals surface area contributed by atoms with Gasteiger partial charge in [0.05, 0.1) is 10.9 Å². The zero-order valence-corrected chi connectivity index (χ0v) is 15.5. The van der Waals surface area contributed by atoms with Crippen molar-refractivity contribution in [3.8, 4) is 5.75 Å². The van der Waals surface area contributed by atoms with Gasteiger partial charge in [0.25, 0.3) is 5.56 Å². The van der Waals surface area contributed by atoms with E-state index in [-0.39, 0.29) is 22.7 Å². The molecule has 6 nitrogen and oxygen atoms in total. The first-order valence-corrected chi connectivity index (χ1v) is 8.83. The highest BCUT2D eigenvalue weighted by Gasteiger charge is 2.19. The highest BCUT2D eigenvalue weighted by molar-refractivity contribution is 7.18. The third kappa shape index (κ3) is 3.97. The lowest BCUT2D eigenvalue weighted by Gasteiger charge is -2.13. The number of halogens is 2. The predicted octanol–water partition coefficient (Wildman–Crippen LogP) is 4.12. The molecule has 27 heavy (non-hydrogen) atoms. The summed E-state index contributed by atoms with van der Waals surface area (Å²) >= 11 is 1.39.